The third-order valence-corrected chi connectivity index (χ3v) is 6.33. The van der Waals surface area contributed by atoms with Crippen molar-refractivity contribution in [3.8, 4) is 0 Å². The SMILES string of the molecule is C[C@H]1CN(C(=O)C2CC3(COC(=O)N3)C2)CC[C@H]1c1cccc(C(F)(F)F)c1. The number of alkyl halides is 3. The van der Waals surface area contributed by atoms with Gasteiger partial charge in [-0.25, -0.2) is 4.79 Å². The summed E-state index contributed by atoms with van der Waals surface area (Å²) in [6, 6.07) is 5.52. The maximum Gasteiger partial charge on any atom is 0.416 e. The van der Waals surface area contributed by atoms with Gasteiger partial charge in [0.15, 0.2) is 0 Å². The molecule has 5 nitrogen and oxygen atoms in total. The first-order valence-corrected chi connectivity index (χ1v) is 9.58. The standard InChI is InChI=1S/C20H23F3N2O3/c1-12-10-25(17(26)14-8-19(9-14)11-28-18(27)24-19)6-5-16(12)13-3-2-4-15(7-13)20(21,22)23/h2-4,7,12,14,16H,5-6,8-11H2,1H3,(H,24,27)/t12-,14?,16+,19?/m0/s1. The lowest BCUT2D eigenvalue weighted by Gasteiger charge is -2.46. The van der Waals surface area contributed by atoms with Gasteiger partial charge in [0.1, 0.15) is 6.61 Å². The van der Waals surface area contributed by atoms with E-state index in [4.69, 9.17) is 4.74 Å². The number of ether oxygens (including phenoxy) is 1. The molecule has 1 aromatic rings. The van der Waals surface area contributed by atoms with Crippen molar-refractivity contribution in [1.29, 1.82) is 0 Å². The second kappa shape index (κ2) is 6.67. The summed E-state index contributed by atoms with van der Waals surface area (Å²) in [6.07, 6.45) is -2.97. The lowest BCUT2D eigenvalue weighted by Crippen LogP contribution is -2.59. The molecule has 4 rings (SSSR count). The highest BCUT2D eigenvalue weighted by atomic mass is 19.4. The molecule has 0 unspecified atom stereocenters. The Hall–Kier alpha value is -2.25. The molecule has 0 bridgehead atoms. The van der Waals surface area contributed by atoms with E-state index in [1.54, 1.807) is 6.07 Å². The maximum absolute atomic E-state index is 13.0. The van der Waals surface area contributed by atoms with Crippen LogP contribution in [0, 0.1) is 11.8 Å². The molecule has 1 N–H and O–H groups in total. The third-order valence-electron chi connectivity index (χ3n) is 6.33. The molecule has 0 aromatic heterocycles. The van der Waals surface area contributed by atoms with Crippen molar-refractivity contribution in [2.24, 2.45) is 11.8 Å². The van der Waals surface area contributed by atoms with E-state index in [1.165, 1.54) is 12.1 Å². The fourth-order valence-corrected chi connectivity index (χ4v) is 4.82. The quantitative estimate of drug-likeness (QED) is 0.832. The average Bonchev–Trinajstić information content (AvgIpc) is 3.01. The number of nitrogens with zero attached hydrogens (tertiary/aromatic N) is 1. The first kappa shape index (κ1) is 19.1. The Labute approximate surface area is 161 Å². The molecule has 2 heterocycles. The van der Waals surface area contributed by atoms with E-state index in [1.807, 2.05) is 11.8 Å². The summed E-state index contributed by atoms with van der Waals surface area (Å²) in [4.78, 5) is 25.9. The Morgan fingerprint density at radius 2 is 2.07 bits per heavy atom. The van der Waals surface area contributed by atoms with E-state index >= 15 is 0 Å². The van der Waals surface area contributed by atoms with Crippen molar-refractivity contribution in [3.63, 3.8) is 0 Å². The van der Waals surface area contributed by atoms with Crippen molar-refractivity contribution in [2.45, 2.75) is 43.8 Å². The normalized spacial score (nSPS) is 32.6. The van der Waals surface area contributed by atoms with Crippen LogP contribution in [0.3, 0.4) is 0 Å². The Morgan fingerprint density at radius 3 is 2.68 bits per heavy atom. The molecule has 1 spiro atoms. The van der Waals surface area contributed by atoms with Crippen LogP contribution in [-0.2, 0) is 15.7 Å². The molecule has 2 aliphatic heterocycles. The fraction of sp³-hybridized carbons (Fsp3) is 0.600. The molecule has 3 fully saturated rings. The lowest BCUT2D eigenvalue weighted by molar-refractivity contribution is -0.143. The average molecular weight is 396 g/mol. The number of likely N-dealkylation sites (tertiary alicyclic amines) is 1. The van der Waals surface area contributed by atoms with Crippen LogP contribution in [0.4, 0.5) is 18.0 Å². The Morgan fingerprint density at radius 1 is 1.32 bits per heavy atom. The van der Waals surface area contributed by atoms with Gasteiger partial charge < -0.3 is 15.0 Å². The van der Waals surface area contributed by atoms with Crippen LogP contribution in [0.5, 0.6) is 0 Å². The Bertz CT molecular complexity index is 789. The molecule has 3 aliphatic rings. The van der Waals surface area contributed by atoms with Crippen molar-refractivity contribution < 1.29 is 27.5 Å². The monoisotopic (exact) mass is 396 g/mol. The highest BCUT2D eigenvalue weighted by Crippen LogP contribution is 2.43. The molecule has 0 radical (unpaired) electrons. The molecule has 2 saturated heterocycles. The zero-order valence-electron chi connectivity index (χ0n) is 15.6. The number of hydrogen-bond acceptors (Lipinski definition) is 3. The minimum absolute atomic E-state index is 0.00148. The van der Waals surface area contributed by atoms with Gasteiger partial charge in [0.25, 0.3) is 0 Å². The second-order valence-electron chi connectivity index (χ2n) is 8.37. The first-order chi connectivity index (χ1) is 13.2. The van der Waals surface area contributed by atoms with E-state index in [2.05, 4.69) is 5.32 Å². The number of cyclic esters (lactones) is 1. The largest absolute Gasteiger partial charge is 0.447 e. The number of piperidine rings is 1. The van der Waals surface area contributed by atoms with Gasteiger partial charge in [-0.1, -0.05) is 25.1 Å². The Kier molecular flexibility index (Phi) is 4.55. The molecule has 28 heavy (non-hydrogen) atoms. The summed E-state index contributed by atoms with van der Waals surface area (Å²) >= 11 is 0. The Balaban J connectivity index is 1.37. The highest BCUT2D eigenvalue weighted by molar-refractivity contribution is 5.81. The lowest BCUT2D eigenvalue weighted by atomic mass is 9.68. The van der Waals surface area contributed by atoms with Crippen LogP contribution in [0.25, 0.3) is 0 Å². The van der Waals surface area contributed by atoms with Crippen molar-refractivity contribution in [1.82, 2.24) is 10.2 Å². The van der Waals surface area contributed by atoms with Gasteiger partial charge >= 0.3 is 12.3 Å². The molecule has 1 saturated carbocycles. The van der Waals surface area contributed by atoms with Crippen LogP contribution >= 0.6 is 0 Å². The number of alkyl carbamates (subject to hydrolysis) is 1. The fourth-order valence-electron chi connectivity index (χ4n) is 4.82. The summed E-state index contributed by atoms with van der Waals surface area (Å²) in [5, 5.41) is 2.79. The third kappa shape index (κ3) is 3.44. The number of halogens is 3. The minimum Gasteiger partial charge on any atom is -0.447 e. The van der Waals surface area contributed by atoms with Gasteiger partial charge in [0.05, 0.1) is 11.1 Å². The van der Waals surface area contributed by atoms with Gasteiger partial charge in [0, 0.05) is 19.0 Å². The van der Waals surface area contributed by atoms with Gasteiger partial charge in [-0.05, 0) is 42.7 Å². The minimum atomic E-state index is -4.35. The van der Waals surface area contributed by atoms with Gasteiger partial charge in [0.2, 0.25) is 5.91 Å². The van der Waals surface area contributed by atoms with Crippen LogP contribution in [0.15, 0.2) is 24.3 Å². The number of benzene rings is 1. The molecule has 2 atom stereocenters. The smallest absolute Gasteiger partial charge is 0.416 e. The zero-order valence-corrected chi connectivity index (χ0v) is 15.6. The summed E-state index contributed by atoms with van der Waals surface area (Å²) in [6.45, 7) is 3.36. The van der Waals surface area contributed by atoms with E-state index < -0.39 is 17.8 Å². The summed E-state index contributed by atoms with van der Waals surface area (Å²) in [5.74, 6) is 0.0202. The van der Waals surface area contributed by atoms with Crippen LogP contribution in [-0.4, -0.2) is 42.1 Å². The molecule has 1 aliphatic carbocycles. The van der Waals surface area contributed by atoms with Gasteiger partial charge in [-0.15, -0.1) is 0 Å². The van der Waals surface area contributed by atoms with Crippen LogP contribution in [0.2, 0.25) is 0 Å². The van der Waals surface area contributed by atoms with E-state index in [-0.39, 0.29) is 29.2 Å². The number of amides is 2. The van der Waals surface area contributed by atoms with E-state index in [0.29, 0.717) is 44.5 Å². The summed E-state index contributed by atoms with van der Waals surface area (Å²) < 4.78 is 43.9. The molecule has 2 amide bonds. The molecule has 8 heteroatoms. The first-order valence-electron chi connectivity index (χ1n) is 9.58. The topological polar surface area (TPSA) is 58.6 Å². The van der Waals surface area contributed by atoms with Crippen LogP contribution in [0.1, 0.15) is 43.2 Å². The summed E-state index contributed by atoms with van der Waals surface area (Å²) in [7, 11) is 0. The number of nitrogens with one attached hydrogen (secondary N) is 1. The molecular formula is C20H23F3N2O3. The number of carbonyl (C=O) groups excluding carboxylic acids is 2. The number of hydrogen-bond donors (Lipinski definition) is 1. The zero-order chi connectivity index (χ0) is 20.1. The van der Waals surface area contributed by atoms with Gasteiger partial charge in [-0.3, -0.25) is 4.79 Å². The van der Waals surface area contributed by atoms with E-state index in [0.717, 1.165) is 6.07 Å². The second-order valence-corrected chi connectivity index (χ2v) is 8.37. The number of carbonyl (C=O) groups is 2. The number of rotatable bonds is 2. The predicted molar refractivity (Wildman–Crippen MR) is 94.5 cm³/mol. The van der Waals surface area contributed by atoms with Gasteiger partial charge in [-0.2, -0.15) is 13.2 Å². The highest BCUT2D eigenvalue weighted by Gasteiger charge is 2.53. The van der Waals surface area contributed by atoms with Crippen molar-refractivity contribution >= 4 is 12.0 Å². The molecule has 152 valence electrons. The molecule has 1 aromatic carbocycles. The van der Waals surface area contributed by atoms with Crippen LogP contribution < -0.4 is 5.32 Å². The van der Waals surface area contributed by atoms with Crippen molar-refractivity contribution in [3.05, 3.63) is 35.4 Å². The predicted octanol–water partition coefficient (Wildman–Crippen LogP) is 3.55. The summed E-state index contributed by atoms with van der Waals surface area (Å²) in [5.41, 5.74) is -0.335. The van der Waals surface area contributed by atoms with E-state index in [9.17, 15) is 22.8 Å². The maximum atomic E-state index is 13.0. The molecular weight excluding hydrogens is 373 g/mol. The van der Waals surface area contributed by atoms with Crippen molar-refractivity contribution in [2.75, 3.05) is 19.7 Å².